The zero-order chi connectivity index (χ0) is 14.3. The molecule has 2 aromatic rings. The molecular formula is C15H23N5. The lowest BCUT2D eigenvalue weighted by atomic mass is 9.97. The van der Waals surface area contributed by atoms with Crippen LogP contribution >= 0.6 is 0 Å². The van der Waals surface area contributed by atoms with Gasteiger partial charge in [-0.1, -0.05) is 13.8 Å². The van der Waals surface area contributed by atoms with Crippen LogP contribution in [0, 0.1) is 25.7 Å². The summed E-state index contributed by atoms with van der Waals surface area (Å²) in [7, 11) is 0. The van der Waals surface area contributed by atoms with Crippen molar-refractivity contribution in [2.24, 2.45) is 11.8 Å². The summed E-state index contributed by atoms with van der Waals surface area (Å²) in [5, 5.41) is 4.37. The highest BCUT2D eigenvalue weighted by molar-refractivity contribution is 5.54. The monoisotopic (exact) mass is 273 g/mol. The van der Waals surface area contributed by atoms with Crippen LogP contribution in [0.5, 0.6) is 0 Å². The summed E-state index contributed by atoms with van der Waals surface area (Å²) in [6.07, 6.45) is 4.13. The third-order valence-electron chi connectivity index (χ3n) is 4.40. The van der Waals surface area contributed by atoms with Gasteiger partial charge in [0.1, 0.15) is 12.1 Å². The highest BCUT2D eigenvalue weighted by atomic mass is 15.4. The van der Waals surface area contributed by atoms with Crippen LogP contribution in [0.3, 0.4) is 0 Å². The SMILES string of the molecule is Cc1nc2ncnn2c(N2CC[C@@H](C)C[C@@H](C)C2)c1C. The maximum atomic E-state index is 4.51. The Labute approximate surface area is 120 Å². The molecule has 0 bridgehead atoms. The van der Waals surface area contributed by atoms with Gasteiger partial charge >= 0.3 is 0 Å². The molecule has 1 aliphatic heterocycles. The highest BCUT2D eigenvalue weighted by Crippen LogP contribution is 2.28. The van der Waals surface area contributed by atoms with Crippen molar-refractivity contribution < 1.29 is 0 Å². The molecule has 20 heavy (non-hydrogen) atoms. The van der Waals surface area contributed by atoms with Gasteiger partial charge in [-0.3, -0.25) is 0 Å². The van der Waals surface area contributed by atoms with Gasteiger partial charge in [-0.15, -0.1) is 0 Å². The second kappa shape index (κ2) is 5.04. The first kappa shape index (κ1) is 13.3. The molecule has 1 aliphatic rings. The fourth-order valence-corrected chi connectivity index (χ4v) is 3.30. The minimum absolute atomic E-state index is 0.702. The van der Waals surface area contributed by atoms with Gasteiger partial charge in [0.05, 0.1) is 0 Å². The fourth-order valence-electron chi connectivity index (χ4n) is 3.30. The molecule has 108 valence electrons. The normalized spacial score (nSPS) is 24.1. The van der Waals surface area contributed by atoms with Crippen LogP contribution in [-0.2, 0) is 0 Å². The lowest BCUT2D eigenvalue weighted by Crippen LogP contribution is -2.30. The van der Waals surface area contributed by atoms with Crippen molar-refractivity contribution in [2.45, 2.75) is 40.5 Å². The molecule has 5 nitrogen and oxygen atoms in total. The molecule has 0 radical (unpaired) electrons. The van der Waals surface area contributed by atoms with Crippen molar-refractivity contribution in [3.8, 4) is 0 Å². The van der Waals surface area contributed by atoms with Crippen LogP contribution in [0.15, 0.2) is 6.33 Å². The van der Waals surface area contributed by atoms with Crippen molar-refractivity contribution in [1.82, 2.24) is 19.6 Å². The Hall–Kier alpha value is -1.65. The average Bonchev–Trinajstić information content (AvgIpc) is 2.76. The van der Waals surface area contributed by atoms with Crippen LogP contribution in [0.4, 0.5) is 5.82 Å². The molecule has 1 fully saturated rings. The predicted octanol–water partition coefficient (Wildman–Crippen LogP) is 2.61. The number of aryl methyl sites for hydroxylation is 1. The number of nitrogens with zero attached hydrogens (tertiary/aromatic N) is 5. The Bertz CT molecular complexity index is 618. The lowest BCUT2D eigenvalue weighted by molar-refractivity contribution is 0.442. The van der Waals surface area contributed by atoms with Gasteiger partial charge in [0.25, 0.3) is 5.78 Å². The van der Waals surface area contributed by atoms with Crippen LogP contribution in [-0.4, -0.2) is 32.7 Å². The minimum Gasteiger partial charge on any atom is -0.356 e. The smallest absolute Gasteiger partial charge is 0.254 e. The topological polar surface area (TPSA) is 46.3 Å². The first-order valence-corrected chi connectivity index (χ1v) is 7.48. The van der Waals surface area contributed by atoms with Crippen molar-refractivity contribution in [3.63, 3.8) is 0 Å². The summed E-state index contributed by atoms with van der Waals surface area (Å²) in [6.45, 7) is 11.1. The Morgan fingerprint density at radius 3 is 2.80 bits per heavy atom. The predicted molar refractivity (Wildman–Crippen MR) is 80.0 cm³/mol. The molecule has 0 spiro atoms. The molecule has 0 amide bonds. The van der Waals surface area contributed by atoms with Gasteiger partial charge in [-0.25, -0.2) is 4.98 Å². The quantitative estimate of drug-likeness (QED) is 0.801. The zero-order valence-corrected chi connectivity index (χ0v) is 12.8. The summed E-state index contributed by atoms with van der Waals surface area (Å²) >= 11 is 0. The summed E-state index contributed by atoms with van der Waals surface area (Å²) in [4.78, 5) is 11.2. The number of anilines is 1. The van der Waals surface area contributed by atoms with E-state index >= 15 is 0 Å². The van der Waals surface area contributed by atoms with Gasteiger partial charge in [0.2, 0.25) is 0 Å². The lowest BCUT2D eigenvalue weighted by Gasteiger charge is -2.27. The zero-order valence-electron chi connectivity index (χ0n) is 12.8. The Morgan fingerprint density at radius 1 is 1.20 bits per heavy atom. The Kier molecular flexibility index (Phi) is 3.36. The Morgan fingerprint density at radius 2 is 2.00 bits per heavy atom. The van der Waals surface area contributed by atoms with E-state index in [1.54, 1.807) is 6.33 Å². The third-order valence-corrected chi connectivity index (χ3v) is 4.40. The number of rotatable bonds is 1. The van der Waals surface area contributed by atoms with Crippen molar-refractivity contribution in [1.29, 1.82) is 0 Å². The van der Waals surface area contributed by atoms with E-state index in [0.29, 0.717) is 11.7 Å². The van der Waals surface area contributed by atoms with Crippen molar-refractivity contribution in [2.75, 3.05) is 18.0 Å². The van der Waals surface area contributed by atoms with Crippen LogP contribution in [0.1, 0.15) is 37.9 Å². The van der Waals surface area contributed by atoms with E-state index in [4.69, 9.17) is 0 Å². The molecule has 0 unspecified atom stereocenters. The number of hydrogen-bond acceptors (Lipinski definition) is 4. The maximum Gasteiger partial charge on any atom is 0.254 e. The minimum atomic E-state index is 0.702. The molecule has 0 saturated carbocycles. The van der Waals surface area contributed by atoms with E-state index in [1.165, 1.54) is 24.2 Å². The van der Waals surface area contributed by atoms with E-state index in [1.807, 2.05) is 4.52 Å². The van der Waals surface area contributed by atoms with Crippen LogP contribution in [0.25, 0.3) is 5.78 Å². The molecule has 0 aromatic carbocycles. The van der Waals surface area contributed by atoms with Crippen molar-refractivity contribution >= 4 is 11.6 Å². The second-order valence-electron chi connectivity index (χ2n) is 6.30. The maximum absolute atomic E-state index is 4.51. The summed E-state index contributed by atoms with van der Waals surface area (Å²) in [6, 6.07) is 0. The molecule has 5 heteroatoms. The van der Waals surface area contributed by atoms with Gasteiger partial charge in [0.15, 0.2) is 0 Å². The number of fused-ring (bicyclic) bond motifs is 1. The molecule has 2 atom stereocenters. The third kappa shape index (κ3) is 2.25. The van der Waals surface area contributed by atoms with Crippen LogP contribution in [0.2, 0.25) is 0 Å². The van der Waals surface area contributed by atoms with E-state index in [2.05, 4.69) is 47.7 Å². The van der Waals surface area contributed by atoms with Crippen LogP contribution < -0.4 is 4.90 Å². The largest absolute Gasteiger partial charge is 0.356 e. The molecule has 2 aromatic heterocycles. The van der Waals surface area contributed by atoms with Gasteiger partial charge in [-0.2, -0.15) is 14.6 Å². The second-order valence-corrected chi connectivity index (χ2v) is 6.30. The highest BCUT2D eigenvalue weighted by Gasteiger charge is 2.23. The molecule has 0 N–H and O–H groups in total. The molecule has 3 rings (SSSR count). The number of aromatic nitrogens is 4. The van der Waals surface area contributed by atoms with E-state index < -0.39 is 0 Å². The van der Waals surface area contributed by atoms with Gasteiger partial charge in [0, 0.05) is 24.3 Å². The summed E-state index contributed by atoms with van der Waals surface area (Å²) < 4.78 is 1.89. The Balaban J connectivity index is 2.08. The first-order valence-electron chi connectivity index (χ1n) is 7.48. The molecule has 3 heterocycles. The average molecular weight is 273 g/mol. The van der Waals surface area contributed by atoms with E-state index in [-0.39, 0.29) is 0 Å². The van der Waals surface area contributed by atoms with E-state index in [0.717, 1.165) is 24.7 Å². The van der Waals surface area contributed by atoms with Gasteiger partial charge < -0.3 is 4.90 Å². The van der Waals surface area contributed by atoms with E-state index in [9.17, 15) is 0 Å². The fraction of sp³-hybridized carbons (Fsp3) is 0.667. The summed E-state index contributed by atoms with van der Waals surface area (Å²) in [5.74, 6) is 3.38. The molecule has 1 saturated heterocycles. The standard InChI is InChI=1S/C15H23N5/c1-10-5-6-19(8-11(2)7-10)14-12(3)13(4)18-15-16-9-17-20(14)15/h9-11H,5-8H2,1-4H3/t10-,11-/m1/s1. The van der Waals surface area contributed by atoms with Gasteiger partial charge in [-0.05, 0) is 38.5 Å². The van der Waals surface area contributed by atoms with Crippen molar-refractivity contribution in [3.05, 3.63) is 17.6 Å². The summed E-state index contributed by atoms with van der Waals surface area (Å²) in [5.41, 5.74) is 2.26. The molecular weight excluding hydrogens is 250 g/mol. The molecule has 0 aliphatic carbocycles. The first-order chi connectivity index (χ1) is 9.56. The number of hydrogen-bond donors (Lipinski definition) is 0.